The zero-order chi connectivity index (χ0) is 15.0. The van der Waals surface area contributed by atoms with E-state index in [1.807, 2.05) is 30.5 Å². The van der Waals surface area contributed by atoms with Crippen LogP contribution < -0.4 is 0 Å². The Morgan fingerprint density at radius 3 is 2.10 bits per heavy atom. The van der Waals surface area contributed by atoms with Gasteiger partial charge in [0.1, 0.15) is 0 Å². The van der Waals surface area contributed by atoms with E-state index in [1.165, 1.54) is 0 Å². The molecule has 108 valence electrons. The standard InChI is InChI=1S/C18H26N2/c1-17(2,3)11-13(18(4,5)6)16-12-19-14-9-7-8-10-15(14)20-16/h7-10,12-13H,11H2,1-6H3. The van der Waals surface area contributed by atoms with E-state index in [-0.39, 0.29) is 10.8 Å². The fraction of sp³-hybridized carbons (Fsp3) is 0.556. The van der Waals surface area contributed by atoms with Gasteiger partial charge in [0.05, 0.1) is 16.7 Å². The van der Waals surface area contributed by atoms with Crippen molar-refractivity contribution in [3.8, 4) is 0 Å². The van der Waals surface area contributed by atoms with E-state index in [0.717, 1.165) is 23.1 Å². The summed E-state index contributed by atoms with van der Waals surface area (Å²) in [6, 6.07) is 8.09. The SMILES string of the molecule is CC(C)(C)CC(c1cnc2ccccc2n1)C(C)(C)C. The number of para-hydroxylation sites is 2. The third-order valence-corrected chi connectivity index (χ3v) is 3.69. The molecule has 1 aromatic heterocycles. The molecular formula is C18H26N2. The summed E-state index contributed by atoms with van der Waals surface area (Å²) in [5, 5.41) is 0. The molecule has 0 amide bonds. The Labute approximate surface area is 122 Å². The van der Waals surface area contributed by atoms with E-state index < -0.39 is 0 Å². The molecule has 1 atom stereocenters. The molecule has 1 unspecified atom stereocenters. The summed E-state index contributed by atoms with van der Waals surface area (Å²) in [7, 11) is 0. The van der Waals surface area contributed by atoms with Crippen LogP contribution in [0.25, 0.3) is 11.0 Å². The maximum Gasteiger partial charge on any atom is 0.0890 e. The molecule has 0 saturated heterocycles. The summed E-state index contributed by atoms with van der Waals surface area (Å²) in [5.41, 5.74) is 3.55. The molecule has 1 aromatic carbocycles. The highest BCUT2D eigenvalue weighted by Crippen LogP contribution is 2.42. The van der Waals surface area contributed by atoms with Crippen LogP contribution in [0.15, 0.2) is 30.5 Å². The van der Waals surface area contributed by atoms with Crippen molar-refractivity contribution in [1.82, 2.24) is 9.97 Å². The van der Waals surface area contributed by atoms with Crippen molar-refractivity contribution >= 4 is 11.0 Å². The lowest BCUT2D eigenvalue weighted by atomic mass is 9.71. The summed E-state index contributed by atoms with van der Waals surface area (Å²) in [6.07, 6.45) is 3.08. The summed E-state index contributed by atoms with van der Waals surface area (Å²) in [4.78, 5) is 9.45. The highest BCUT2D eigenvalue weighted by Gasteiger charge is 2.31. The molecule has 0 N–H and O–H groups in total. The lowest BCUT2D eigenvalue weighted by molar-refractivity contribution is 0.225. The van der Waals surface area contributed by atoms with Crippen molar-refractivity contribution in [2.75, 3.05) is 0 Å². The molecule has 0 fully saturated rings. The molecule has 2 aromatic rings. The Morgan fingerprint density at radius 2 is 1.55 bits per heavy atom. The third kappa shape index (κ3) is 3.56. The predicted octanol–water partition coefficient (Wildman–Crippen LogP) is 5.20. The number of rotatable bonds is 2. The van der Waals surface area contributed by atoms with Crippen LogP contribution in [0.3, 0.4) is 0 Å². The molecule has 2 heteroatoms. The molecule has 0 spiro atoms. The number of hydrogen-bond acceptors (Lipinski definition) is 2. The minimum Gasteiger partial charge on any atom is -0.253 e. The lowest BCUT2D eigenvalue weighted by Crippen LogP contribution is -2.24. The summed E-state index contributed by atoms with van der Waals surface area (Å²) >= 11 is 0. The van der Waals surface area contributed by atoms with E-state index in [1.54, 1.807) is 0 Å². The summed E-state index contributed by atoms with van der Waals surface area (Å²) in [5.74, 6) is 0.416. The molecule has 0 aliphatic carbocycles. The van der Waals surface area contributed by atoms with Crippen LogP contribution in [0.1, 0.15) is 59.6 Å². The van der Waals surface area contributed by atoms with Crippen LogP contribution >= 0.6 is 0 Å². The van der Waals surface area contributed by atoms with Gasteiger partial charge in [-0.1, -0.05) is 53.7 Å². The van der Waals surface area contributed by atoms with E-state index in [4.69, 9.17) is 4.98 Å². The zero-order valence-electron chi connectivity index (χ0n) is 13.6. The molecule has 0 saturated carbocycles. The van der Waals surface area contributed by atoms with Gasteiger partial charge in [0, 0.05) is 12.1 Å². The fourth-order valence-corrected chi connectivity index (χ4v) is 2.61. The van der Waals surface area contributed by atoms with Crippen LogP contribution in [-0.2, 0) is 0 Å². The van der Waals surface area contributed by atoms with Gasteiger partial charge in [0.25, 0.3) is 0 Å². The highest BCUT2D eigenvalue weighted by molar-refractivity contribution is 5.73. The van der Waals surface area contributed by atoms with Gasteiger partial charge in [-0.2, -0.15) is 0 Å². The van der Waals surface area contributed by atoms with E-state index in [2.05, 4.69) is 46.5 Å². The van der Waals surface area contributed by atoms with E-state index in [9.17, 15) is 0 Å². The maximum atomic E-state index is 4.86. The molecule has 0 bridgehead atoms. The van der Waals surface area contributed by atoms with Crippen molar-refractivity contribution in [1.29, 1.82) is 0 Å². The molecule has 2 rings (SSSR count). The number of hydrogen-bond donors (Lipinski definition) is 0. The van der Waals surface area contributed by atoms with Crippen molar-refractivity contribution in [3.05, 3.63) is 36.2 Å². The number of benzene rings is 1. The first-order valence-electron chi connectivity index (χ1n) is 7.38. The van der Waals surface area contributed by atoms with Gasteiger partial charge >= 0.3 is 0 Å². The number of aromatic nitrogens is 2. The van der Waals surface area contributed by atoms with Crippen molar-refractivity contribution in [2.24, 2.45) is 10.8 Å². The van der Waals surface area contributed by atoms with Crippen LogP contribution in [0.5, 0.6) is 0 Å². The van der Waals surface area contributed by atoms with Crippen LogP contribution in [-0.4, -0.2) is 9.97 Å². The topological polar surface area (TPSA) is 25.8 Å². The largest absolute Gasteiger partial charge is 0.253 e. The fourth-order valence-electron chi connectivity index (χ4n) is 2.61. The first-order valence-corrected chi connectivity index (χ1v) is 7.38. The molecular weight excluding hydrogens is 244 g/mol. The molecule has 0 aliphatic rings. The Kier molecular flexibility index (Phi) is 3.86. The lowest BCUT2D eigenvalue weighted by Gasteiger charge is -2.35. The Bertz CT molecular complexity index is 588. The first-order chi connectivity index (χ1) is 9.17. The van der Waals surface area contributed by atoms with Gasteiger partial charge in [-0.05, 0) is 29.4 Å². The first kappa shape index (κ1) is 15.0. The number of fused-ring (bicyclic) bond motifs is 1. The number of nitrogens with zero attached hydrogens (tertiary/aromatic N) is 2. The quantitative estimate of drug-likeness (QED) is 0.750. The normalized spacial score (nSPS) is 14.5. The van der Waals surface area contributed by atoms with Gasteiger partial charge < -0.3 is 0 Å². The summed E-state index contributed by atoms with van der Waals surface area (Å²) < 4.78 is 0. The zero-order valence-corrected chi connectivity index (χ0v) is 13.6. The van der Waals surface area contributed by atoms with Gasteiger partial charge in [0.2, 0.25) is 0 Å². The monoisotopic (exact) mass is 270 g/mol. The second-order valence-corrected chi connectivity index (χ2v) is 7.97. The van der Waals surface area contributed by atoms with Crippen molar-refractivity contribution in [2.45, 2.75) is 53.9 Å². The molecule has 1 heterocycles. The van der Waals surface area contributed by atoms with Crippen LogP contribution in [0.2, 0.25) is 0 Å². The van der Waals surface area contributed by atoms with Crippen molar-refractivity contribution in [3.63, 3.8) is 0 Å². The van der Waals surface area contributed by atoms with E-state index >= 15 is 0 Å². The third-order valence-electron chi connectivity index (χ3n) is 3.69. The maximum absolute atomic E-state index is 4.86. The second kappa shape index (κ2) is 5.16. The van der Waals surface area contributed by atoms with Gasteiger partial charge in [0.15, 0.2) is 0 Å². The van der Waals surface area contributed by atoms with Gasteiger partial charge in [-0.15, -0.1) is 0 Å². The molecule has 20 heavy (non-hydrogen) atoms. The van der Waals surface area contributed by atoms with Crippen LogP contribution in [0, 0.1) is 10.8 Å². The molecule has 0 aliphatic heterocycles. The van der Waals surface area contributed by atoms with Gasteiger partial charge in [-0.25, -0.2) is 4.98 Å². The minimum absolute atomic E-state index is 0.185. The Balaban J connectivity index is 2.45. The highest BCUT2D eigenvalue weighted by atomic mass is 14.8. The molecule has 2 nitrogen and oxygen atoms in total. The Hall–Kier alpha value is -1.44. The predicted molar refractivity (Wildman–Crippen MR) is 85.8 cm³/mol. The smallest absolute Gasteiger partial charge is 0.0890 e. The van der Waals surface area contributed by atoms with E-state index in [0.29, 0.717) is 5.92 Å². The summed E-state index contributed by atoms with van der Waals surface area (Å²) in [6.45, 7) is 13.8. The minimum atomic E-state index is 0.185. The second-order valence-electron chi connectivity index (χ2n) is 7.97. The van der Waals surface area contributed by atoms with Crippen LogP contribution in [0.4, 0.5) is 0 Å². The van der Waals surface area contributed by atoms with Gasteiger partial charge in [-0.3, -0.25) is 4.98 Å². The average Bonchev–Trinajstić information content (AvgIpc) is 2.33. The Morgan fingerprint density at radius 1 is 0.950 bits per heavy atom. The molecule has 0 radical (unpaired) electrons. The average molecular weight is 270 g/mol. The van der Waals surface area contributed by atoms with Crippen molar-refractivity contribution < 1.29 is 0 Å².